The van der Waals surface area contributed by atoms with Crippen LogP contribution in [0.4, 0.5) is 0 Å². The first kappa shape index (κ1) is 13.7. The number of hydrogen-bond donors (Lipinski definition) is 0. The van der Waals surface area contributed by atoms with Gasteiger partial charge in [-0.2, -0.15) is 0 Å². The molecule has 0 saturated carbocycles. The number of pyridine rings is 1. The lowest BCUT2D eigenvalue weighted by Crippen LogP contribution is -1.98. The molecule has 0 N–H and O–H groups in total. The lowest BCUT2D eigenvalue weighted by Gasteiger charge is -2.11. The summed E-state index contributed by atoms with van der Waals surface area (Å²) in [7, 11) is 0. The van der Waals surface area contributed by atoms with E-state index in [1.54, 1.807) is 6.20 Å². The fraction of sp³-hybridized carbons (Fsp3) is 0.267. The molecule has 0 aliphatic carbocycles. The molecule has 1 aromatic carbocycles. The molecule has 0 fully saturated rings. The van der Waals surface area contributed by atoms with E-state index < -0.39 is 0 Å². The summed E-state index contributed by atoms with van der Waals surface area (Å²) >= 11 is 5.79. The van der Waals surface area contributed by atoms with E-state index in [0.29, 0.717) is 24.1 Å². The van der Waals surface area contributed by atoms with Crippen molar-refractivity contribution in [2.24, 2.45) is 0 Å². The molecule has 0 radical (unpaired) electrons. The molecule has 4 heteroatoms. The number of halogens is 1. The summed E-state index contributed by atoms with van der Waals surface area (Å²) in [6.07, 6.45) is 2.64. The highest BCUT2D eigenvalue weighted by molar-refractivity contribution is 6.17. The third-order valence-electron chi connectivity index (χ3n) is 2.48. The number of aromatic nitrogens is 1. The maximum absolute atomic E-state index is 5.79. The van der Waals surface area contributed by atoms with Crippen LogP contribution in [0.1, 0.15) is 18.9 Å². The number of ether oxygens (including phenoxy) is 2. The molecule has 0 amide bonds. The molecule has 0 saturated heterocycles. The van der Waals surface area contributed by atoms with Gasteiger partial charge in [0.05, 0.1) is 6.61 Å². The minimum Gasteiger partial charge on any atom is -0.490 e. The average Bonchev–Trinajstić information content (AvgIpc) is 2.46. The van der Waals surface area contributed by atoms with Crippen molar-refractivity contribution in [3.63, 3.8) is 0 Å². The summed E-state index contributed by atoms with van der Waals surface area (Å²) in [5.74, 6) is 2.34. The van der Waals surface area contributed by atoms with Crippen LogP contribution in [0.25, 0.3) is 0 Å². The zero-order valence-electron chi connectivity index (χ0n) is 10.8. The monoisotopic (exact) mass is 277 g/mol. The lowest BCUT2D eigenvalue weighted by atomic mass is 10.3. The Balaban J connectivity index is 2.17. The van der Waals surface area contributed by atoms with Gasteiger partial charge in [-0.1, -0.05) is 19.1 Å². The van der Waals surface area contributed by atoms with E-state index >= 15 is 0 Å². The number of benzene rings is 1. The molecule has 0 unspecified atom stereocenters. The molecule has 0 spiro atoms. The third-order valence-corrected chi connectivity index (χ3v) is 2.79. The van der Waals surface area contributed by atoms with Crippen molar-refractivity contribution in [2.45, 2.75) is 19.2 Å². The molecule has 0 atom stereocenters. The Hall–Kier alpha value is -1.74. The van der Waals surface area contributed by atoms with Crippen LogP contribution in [0.3, 0.4) is 0 Å². The Morgan fingerprint density at radius 3 is 2.68 bits per heavy atom. The van der Waals surface area contributed by atoms with Crippen molar-refractivity contribution < 1.29 is 9.47 Å². The van der Waals surface area contributed by atoms with Gasteiger partial charge in [0.1, 0.15) is 0 Å². The van der Waals surface area contributed by atoms with Crippen LogP contribution in [-0.4, -0.2) is 11.6 Å². The van der Waals surface area contributed by atoms with Gasteiger partial charge in [0.2, 0.25) is 5.88 Å². The molecule has 19 heavy (non-hydrogen) atoms. The van der Waals surface area contributed by atoms with Crippen LogP contribution < -0.4 is 9.47 Å². The van der Waals surface area contributed by atoms with Crippen molar-refractivity contribution in [2.75, 3.05) is 6.61 Å². The number of rotatable bonds is 6. The molecule has 3 nitrogen and oxygen atoms in total. The minimum atomic E-state index is 0.437. The van der Waals surface area contributed by atoms with Crippen LogP contribution in [-0.2, 0) is 5.88 Å². The summed E-state index contributed by atoms with van der Waals surface area (Å²) < 4.78 is 11.4. The predicted molar refractivity (Wildman–Crippen MR) is 76.1 cm³/mol. The van der Waals surface area contributed by atoms with Gasteiger partial charge in [-0.25, -0.2) is 4.98 Å². The summed E-state index contributed by atoms with van der Waals surface area (Å²) in [6, 6.07) is 11.2. The minimum absolute atomic E-state index is 0.437. The van der Waals surface area contributed by atoms with E-state index in [1.807, 2.05) is 36.4 Å². The fourth-order valence-corrected chi connectivity index (χ4v) is 1.73. The molecule has 0 aliphatic rings. The van der Waals surface area contributed by atoms with Crippen molar-refractivity contribution in [3.05, 3.63) is 48.2 Å². The van der Waals surface area contributed by atoms with E-state index in [1.165, 1.54) is 0 Å². The highest BCUT2D eigenvalue weighted by atomic mass is 35.5. The van der Waals surface area contributed by atoms with Gasteiger partial charge in [-0.15, -0.1) is 11.6 Å². The SMILES string of the molecule is CCCOc1ccccc1Oc1cc(CCl)ccn1. The average molecular weight is 278 g/mol. The first-order chi connectivity index (χ1) is 9.33. The van der Waals surface area contributed by atoms with E-state index in [2.05, 4.69) is 11.9 Å². The normalized spacial score (nSPS) is 10.2. The van der Waals surface area contributed by atoms with E-state index in [9.17, 15) is 0 Å². The van der Waals surface area contributed by atoms with Gasteiger partial charge in [0.25, 0.3) is 0 Å². The van der Waals surface area contributed by atoms with Gasteiger partial charge in [0.15, 0.2) is 11.5 Å². The van der Waals surface area contributed by atoms with E-state index in [0.717, 1.165) is 17.7 Å². The highest BCUT2D eigenvalue weighted by Gasteiger charge is 2.06. The van der Waals surface area contributed by atoms with Crippen LogP contribution in [0, 0.1) is 0 Å². The molecule has 1 heterocycles. The third kappa shape index (κ3) is 3.86. The standard InChI is InChI=1S/C15H16ClNO2/c1-2-9-18-13-5-3-4-6-14(13)19-15-10-12(11-16)7-8-17-15/h3-8,10H,2,9,11H2,1H3. The topological polar surface area (TPSA) is 31.4 Å². The lowest BCUT2D eigenvalue weighted by molar-refractivity contribution is 0.301. The Labute approximate surface area is 118 Å². The number of nitrogens with zero attached hydrogens (tertiary/aromatic N) is 1. The second-order valence-electron chi connectivity index (χ2n) is 4.03. The van der Waals surface area contributed by atoms with Crippen LogP contribution in [0.5, 0.6) is 17.4 Å². The van der Waals surface area contributed by atoms with Gasteiger partial charge >= 0.3 is 0 Å². The van der Waals surface area contributed by atoms with Gasteiger partial charge in [-0.05, 0) is 30.2 Å². The fourth-order valence-electron chi connectivity index (χ4n) is 1.57. The van der Waals surface area contributed by atoms with E-state index in [-0.39, 0.29) is 0 Å². The molecule has 1 aromatic heterocycles. The summed E-state index contributed by atoms with van der Waals surface area (Å²) in [6.45, 7) is 2.73. The summed E-state index contributed by atoms with van der Waals surface area (Å²) in [5.41, 5.74) is 0.971. The van der Waals surface area contributed by atoms with Gasteiger partial charge in [0, 0.05) is 18.1 Å². The number of hydrogen-bond acceptors (Lipinski definition) is 3. The molecule has 0 aliphatic heterocycles. The van der Waals surface area contributed by atoms with Gasteiger partial charge < -0.3 is 9.47 Å². The Morgan fingerprint density at radius 2 is 1.95 bits per heavy atom. The summed E-state index contributed by atoms with van der Waals surface area (Å²) in [5, 5.41) is 0. The van der Waals surface area contributed by atoms with Gasteiger partial charge in [-0.3, -0.25) is 0 Å². The largest absolute Gasteiger partial charge is 0.490 e. The van der Waals surface area contributed by atoms with Crippen molar-refractivity contribution in [1.29, 1.82) is 0 Å². The van der Waals surface area contributed by atoms with Crippen LogP contribution in [0.15, 0.2) is 42.6 Å². The molecule has 0 bridgehead atoms. The van der Waals surface area contributed by atoms with Crippen LogP contribution in [0.2, 0.25) is 0 Å². The number of alkyl halides is 1. The quantitative estimate of drug-likeness (QED) is 0.733. The van der Waals surface area contributed by atoms with E-state index in [4.69, 9.17) is 21.1 Å². The Kier molecular flexibility index (Phi) is 5.04. The second-order valence-corrected chi connectivity index (χ2v) is 4.30. The zero-order chi connectivity index (χ0) is 13.5. The molecular weight excluding hydrogens is 262 g/mol. The van der Waals surface area contributed by atoms with Crippen molar-refractivity contribution >= 4 is 11.6 Å². The summed E-state index contributed by atoms with van der Waals surface area (Å²) in [4.78, 5) is 4.17. The number of para-hydroxylation sites is 2. The predicted octanol–water partition coefficient (Wildman–Crippen LogP) is 4.40. The second kappa shape index (κ2) is 7.00. The zero-order valence-corrected chi connectivity index (χ0v) is 11.6. The molecule has 2 rings (SSSR count). The Bertz CT molecular complexity index is 531. The van der Waals surface area contributed by atoms with Crippen LogP contribution >= 0.6 is 11.6 Å². The first-order valence-electron chi connectivity index (χ1n) is 6.24. The highest BCUT2D eigenvalue weighted by Crippen LogP contribution is 2.30. The van der Waals surface area contributed by atoms with Crippen molar-refractivity contribution in [1.82, 2.24) is 4.98 Å². The molecule has 2 aromatic rings. The molecular formula is C15H16ClNO2. The molecule has 100 valence electrons. The van der Waals surface area contributed by atoms with Crippen molar-refractivity contribution in [3.8, 4) is 17.4 Å². The maximum Gasteiger partial charge on any atom is 0.219 e. The smallest absolute Gasteiger partial charge is 0.219 e. The first-order valence-corrected chi connectivity index (χ1v) is 6.77. The Morgan fingerprint density at radius 1 is 1.16 bits per heavy atom. The maximum atomic E-state index is 5.79.